The number of hydrogen-bond acceptors (Lipinski definition) is 6. The van der Waals surface area contributed by atoms with Gasteiger partial charge in [0.05, 0.1) is 12.9 Å². The van der Waals surface area contributed by atoms with Crippen molar-refractivity contribution in [2.75, 3.05) is 12.9 Å². The van der Waals surface area contributed by atoms with Gasteiger partial charge in [-0.15, -0.1) is 10.2 Å². The maximum absolute atomic E-state index is 12.6. The Morgan fingerprint density at radius 1 is 1.17 bits per heavy atom. The van der Waals surface area contributed by atoms with E-state index in [9.17, 15) is 4.79 Å². The molecule has 30 heavy (non-hydrogen) atoms. The molecule has 0 aliphatic heterocycles. The van der Waals surface area contributed by atoms with Crippen molar-refractivity contribution in [1.29, 1.82) is 0 Å². The fourth-order valence-corrected chi connectivity index (χ4v) is 6.96. The first-order valence-corrected chi connectivity index (χ1v) is 11.9. The number of hydrogen-bond donors (Lipinski definition) is 1. The first kappa shape index (κ1) is 19.9. The summed E-state index contributed by atoms with van der Waals surface area (Å²) in [6, 6.07) is 7.69. The molecule has 1 N–H and O–H groups in total. The van der Waals surface area contributed by atoms with E-state index in [2.05, 4.69) is 22.4 Å². The number of aromatic nitrogens is 2. The normalized spacial score (nSPS) is 30.3. The van der Waals surface area contributed by atoms with Crippen LogP contribution in [0.15, 0.2) is 33.9 Å². The number of nitrogens with one attached hydrogen (secondary N) is 1. The van der Waals surface area contributed by atoms with Gasteiger partial charge in [0.2, 0.25) is 11.8 Å². The van der Waals surface area contributed by atoms with E-state index < -0.39 is 0 Å². The van der Waals surface area contributed by atoms with Gasteiger partial charge in [-0.1, -0.05) is 11.8 Å². The van der Waals surface area contributed by atoms with Crippen LogP contribution in [0.4, 0.5) is 0 Å². The SMILES string of the molecule is COc1ccc(-c2nnc(SCC(=O)N[C@H](C)C34CC5CC(CC(C5)C3)C4)o2)cc1. The molecule has 4 bridgehead atoms. The number of thioether (sulfide) groups is 1. The lowest BCUT2D eigenvalue weighted by molar-refractivity contribution is -0.123. The van der Waals surface area contributed by atoms with Crippen LogP contribution in [-0.2, 0) is 4.79 Å². The standard InChI is InChI=1S/C23H29N3O3S/c1-14(23-10-15-7-16(11-23)9-17(8-15)12-23)24-20(27)13-30-22-26-25-21(29-22)18-3-5-19(28-2)6-4-18/h3-6,14-17H,7-13H2,1-2H3,(H,24,27)/t14-,15?,16?,17?,23?/m1/s1. The van der Waals surface area contributed by atoms with E-state index in [1.54, 1.807) is 7.11 Å². The highest BCUT2D eigenvalue weighted by atomic mass is 32.2. The molecule has 1 aromatic carbocycles. The summed E-state index contributed by atoms with van der Waals surface area (Å²) in [5.74, 6) is 4.23. The first-order valence-electron chi connectivity index (χ1n) is 10.9. The monoisotopic (exact) mass is 427 g/mol. The Morgan fingerprint density at radius 3 is 2.40 bits per heavy atom. The molecular formula is C23H29N3O3S. The third kappa shape index (κ3) is 3.84. The highest BCUT2D eigenvalue weighted by Crippen LogP contribution is 2.61. The van der Waals surface area contributed by atoms with Gasteiger partial charge >= 0.3 is 0 Å². The summed E-state index contributed by atoms with van der Waals surface area (Å²) in [6.07, 6.45) is 8.14. The molecular weight excluding hydrogens is 398 g/mol. The summed E-state index contributed by atoms with van der Waals surface area (Å²) < 4.78 is 10.9. The zero-order valence-corrected chi connectivity index (χ0v) is 18.4. The Labute approximate surface area is 181 Å². The quantitative estimate of drug-likeness (QED) is 0.653. The number of methoxy groups -OCH3 is 1. The fourth-order valence-electron chi connectivity index (χ4n) is 6.39. The molecule has 1 atom stereocenters. The Balaban J connectivity index is 1.15. The van der Waals surface area contributed by atoms with Crippen molar-refractivity contribution in [3.05, 3.63) is 24.3 Å². The van der Waals surface area contributed by atoms with Crippen molar-refractivity contribution in [1.82, 2.24) is 15.5 Å². The van der Waals surface area contributed by atoms with Gasteiger partial charge in [-0.2, -0.15) is 0 Å². The number of carbonyl (C=O) groups is 1. The summed E-state index contributed by atoms with van der Waals surface area (Å²) in [7, 11) is 1.63. The van der Waals surface area contributed by atoms with Crippen molar-refractivity contribution in [2.45, 2.75) is 56.7 Å². The summed E-state index contributed by atoms with van der Waals surface area (Å²) in [5.41, 5.74) is 1.15. The highest BCUT2D eigenvalue weighted by Gasteiger charge is 2.53. The van der Waals surface area contributed by atoms with Crippen LogP contribution >= 0.6 is 11.8 Å². The molecule has 0 spiro atoms. The van der Waals surface area contributed by atoms with E-state index in [-0.39, 0.29) is 11.9 Å². The molecule has 6 nitrogen and oxygen atoms in total. The van der Waals surface area contributed by atoms with Crippen molar-refractivity contribution in [2.24, 2.45) is 23.2 Å². The third-order valence-electron chi connectivity index (χ3n) is 7.45. The van der Waals surface area contributed by atoms with E-state index in [1.807, 2.05) is 24.3 Å². The summed E-state index contributed by atoms with van der Waals surface area (Å²) in [5, 5.41) is 11.9. The van der Waals surface area contributed by atoms with Crippen LogP contribution in [-0.4, -0.2) is 35.0 Å². The first-order chi connectivity index (χ1) is 14.5. The van der Waals surface area contributed by atoms with Gasteiger partial charge in [-0.25, -0.2) is 0 Å². The van der Waals surface area contributed by atoms with Crippen LogP contribution in [0.5, 0.6) is 5.75 Å². The maximum Gasteiger partial charge on any atom is 0.277 e. The lowest BCUT2D eigenvalue weighted by Crippen LogP contribution is -2.56. The number of carbonyl (C=O) groups excluding carboxylic acids is 1. The molecule has 0 saturated heterocycles. The Morgan fingerprint density at radius 2 is 1.80 bits per heavy atom. The molecule has 6 rings (SSSR count). The molecule has 0 radical (unpaired) electrons. The molecule has 4 saturated carbocycles. The molecule has 7 heteroatoms. The predicted molar refractivity (Wildman–Crippen MR) is 115 cm³/mol. The lowest BCUT2D eigenvalue weighted by atomic mass is 9.48. The van der Waals surface area contributed by atoms with Gasteiger partial charge in [0.1, 0.15) is 5.75 Å². The predicted octanol–water partition coefficient (Wildman–Crippen LogP) is 4.56. The number of benzene rings is 1. The fraction of sp³-hybridized carbons (Fsp3) is 0.609. The summed E-state index contributed by atoms with van der Waals surface area (Å²) in [6.45, 7) is 2.21. The van der Waals surface area contributed by atoms with Crippen molar-refractivity contribution in [3.8, 4) is 17.2 Å². The van der Waals surface area contributed by atoms with Crippen LogP contribution < -0.4 is 10.1 Å². The van der Waals surface area contributed by atoms with Gasteiger partial charge in [-0.3, -0.25) is 4.79 Å². The molecule has 4 aliphatic rings. The van der Waals surface area contributed by atoms with Gasteiger partial charge in [0, 0.05) is 11.6 Å². The van der Waals surface area contributed by atoms with Crippen LogP contribution in [0.25, 0.3) is 11.5 Å². The van der Waals surface area contributed by atoms with Crippen molar-refractivity contribution in [3.63, 3.8) is 0 Å². The zero-order chi connectivity index (χ0) is 20.7. The molecule has 4 aliphatic carbocycles. The number of amides is 1. The number of nitrogens with zero attached hydrogens (tertiary/aromatic N) is 2. The Bertz CT molecular complexity index is 875. The number of rotatable bonds is 7. The molecule has 1 heterocycles. The molecule has 2 aromatic rings. The second-order valence-electron chi connectivity index (χ2n) is 9.46. The van der Waals surface area contributed by atoms with Crippen LogP contribution in [0, 0.1) is 23.2 Å². The van der Waals surface area contributed by atoms with Gasteiger partial charge in [0.25, 0.3) is 5.22 Å². The van der Waals surface area contributed by atoms with E-state index in [0.717, 1.165) is 29.1 Å². The van der Waals surface area contributed by atoms with Crippen LogP contribution in [0.2, 0.25) is 0 Å². The largest absolute Gasteiger partial charge is 0.497 e. The van der Waals surface area contributed by atoms with Crippen LogP contribution in [0.1, 0.15) is 45.4 Å². The minimum atomic E-state index is 0.0486. The van der Waals surface area contributed by atoms with Crippen molar-refractivity contribution >= 4 is 17.7 Å². The maximum atomic E-state index is 12.6. The zero-order valence-electron chi connectivity index (χ0n) is 17.6. The van der Waals surface area contributed by atoms with E-state index in [1.165, 1.54) is 50.3 Å². The molecule has 1 amide bonds. The van der Waals surface area contributed by atoms with E-state index in [0.29, 0.717) is 22.3 Å². The topological polar surface area (TPSA) is 77.2 Å². The van der Waals surface area contributed by atoms with E-state index >= 15 is 0 Å². The van der Waals surface area contributed by atoms with Gasteiger partial charge in [-0.05, 0) is 92.9 Å². The summed E-state index contributed by atoms with van der Waals surface area (Å²) >= 11 is 1.29. The van der Waals surface area contributed by atoms with Gasteiger partial charge in [0.15, 0.2) is 0 Å². The smallest absolute Gasteiger partial charge is 0.277 e. The summed E-state index contributed by atoms with van der Waals surface area (Å²) in [4.78, 5) is 12.6. The molecule has 0 unspecified atom stereocenters. The van der Waals surface area contributed by atoms with Crippen LogP contribution in [0.3, 0.4) is 0 Å². The third-order valence-corrected chi connectivity index (χ3v) is 8.27. The second-order valence-corrected chi connectivity index (χ2v) is 10.4. The second kappa shape index (κ2) is 7.91. The van der Waals surface area contributed by atoms with Gasteiger partial charge < -0.3 is 14.5 Å². The molecule has 160 valence electrons. The molecule has 1 aromatic heterocycles. The Kier molecular flexibility index (Phi) is 5.25. The number of ether oxygens (including phenoxy) is 1. The van der Waals surface area contributed by atoms with Crippen molar-refractivity contribution < 1.29 is 13.9 Å². The highest BCUT2D eigenvalue weighted by molar-refractivity contribution is 7.99. The molecule has 4 fully saturated rings. The van der Waals surface area contributed by atoms with E-state index in [4.69, 9.17) is 9.15 Å². The minimum absolute atomic E-state index is 0.0486. The Hall–Kier alpha value is -2.02. The lowest BCUT2D eigenvalue weighted by Gasteiger charge is -2.59. The average molecular weight is 428 g/mol. The minimum Gasteiger partial charge on any atom is -0.497 e. The average Bonchev–Trinajstić information content (AvgIpc) is 3.20.